The first-order chi connectivity index (χ1) is 13.5. The number of nitrogens with one attached hydrogen (secondary N) is 1. The van der Waals surface area contributed by atoms with Crippen molar-refractivity contribution in [3.63, 3.8) is 0 Å². The van der Waals surface area contributed by atoms with Gasteiger partial charge in [0.1, 0.15) is 0 Å². The zero-order chi connectivity index (χ0) is 19.9. The van der Waals surface area contributed by atoms with Crippen LogP contribution in [-0.4, -0.2) is 41.0 Å². The molecule has 28 heavy (non-hydrogen) atoms. The summed E-state index contributed by atoms with van der Waals surface area (Å²) in [6.07, 6.45) is 3.34. The van der Waals surface area contributed by atoms with E-state index in [2.05, 4.69) is 34.5 Å². The summed E-state index contributed by atoms with van der Waals surface area (Å²) in [5, 5.41) is 11.9. The van der Waals surface area contributed by atoms with E-state index in [-0.39, 0.29) is 17.5 Å². The maximum Gasteiger partial charge on any atom is 0.335 e. The van der Waals surface area contributed by atoms with Crippen molar-refractivity contribution in [2.45, 2.75) is 38.8 Å². The topological polar surface area (TPSA) is 69.6 Å². The van der Waals surface area contributed by atoms with Gasteiger partial charge in [0.25, 0.3) is 0 Å². The Balaban J connectivity index is 1.43. The third-order valence-corrected chi connectivity index (χ3v) is 5.61. The molecule has 5 heteroatoms. The number of carboxylic acids is 1. The van der Waals surface area contributed by atoms with Crippen molar-refractivity contribution in [3.05, 3.63) is 71.3 Å². The van der Waals surface area contributed by atoms with E-state index in [1.165, 1.54) is 5.56 Å². The third-order valence-electron chi connectivity index (χ3n) is 5.61. The summed E-state index contributed by atoms with van der Waals surface area (Å²) in [5.41, 5.74) is 2.54. The van der Waals surface area contributed by atoms with Crippen molar-refractivity contribution >= 4 is 11.9 Å². The van der Waals surface area contributed by atoms with Crippen molar-refractivity contribution < 1.29 is 14.7 Å². The third kappa shape index (κ3) is 5.42. The molecule has 2 N–H and O–H groups in total. The molecule has 0 aromatic heterocycles. The number of hydrogen-bond donors (Lipinski definition) is 2. The van der Waals surface area contributed by atoms with Gasteiger partial charge in [-0.25, -0.2) is 4.79 Å². The zero-order valence-electron chi connectivity index (χ0n) is 16.3. The van der Waals surface area contributed by atoms with Crippen molar-refractivity contribution in [2.75, 3.05) is 13.1 Å². The number of rotatable bonds is 7. The molecule has 0 aliphatic carbocycles. The fourth-order valence-corrected chi connectivity index (χ4v) is 3.76. The van der Waals surface area contributed by atoms with E-state index in [4.69, 9.17) is 5.11 Å². The number of aromatic carboxylic acids is 1. The van der Waals surface area contributed by atoms with Crippen molar-refractivity contribution in [3.8, 4) is 0 Å². The Kier molecular flexibility index (Phi) is 6.82. The average Bonchev–Trinajstić information content (AvgIpc) is 2.73. The molecule has 2 aromatic carbocycles. The highest BCUT2D eigenvalue weighted by atomic mass is 16.4. The molecule has 1 atom stereocenters. The first-order valence-corrected chi connectivity index (χ1v) is 9.91. The lowest BCUT2D eigenvalue weighted by Gasteiger charge is -2.35. The summed E-state index contributed by atoms with van der Waals surface area (Å²) in [6, 6.07) is 17.0. The first-order valence-electron chi connectivity index (χ1n) is 9.91. The maximum atomic E-state index is 12.5. The van der Waals surface area contributed by atoms with Crippen LogP contribution in [0.1, 0.15) is 41.3 Å². The molecule has 5 nitrogen and oxygen atoms in total. The zero-order valence-corrected chi connectivity index (χ0v) is 16.3. The quantitative estimate of drug-likeness (QED) is 0.773. The highest BCUT2D eigenvalue weighted by Crippen LogP contribution is 2.23. The summed E-state index contributed by atoms with van der Waals surface area (Å²) in [5.74, 6) is -0.245. The van der Waals surface area contributed by atoms with Crippen LogP contribution in [0.2, 0.25) is 0 Å². The number of benzene rings is 2. The monoisotopic (exact) mass is 380 g/mol. The lowest BCUT2D eigenvalue weighted by atomic mass is 9.89. The number of likely N-dealkylation sites (tertiary alicyclic amines) is 1. The Morgan fingerprint density at radius 1 is 1.04 bits per heavy atom. The Labute approximate surface area is 166 Å². The van der Waals surface area contributed by atoms with Crippen molar-refractivity contribution in [1.29, 1.82) is 0 Å². The first kappa shape index (κ1) is 20.1. The molecule has 0 bridgehead atoms. The number of amides is 1. The standard InChI is InChI=1S/C23H28N2O3/c1-17(22(26)24-16-20-7-9-21(10-8-20)23(27)28)25-13-11-19(12-14-25)15-18-5-3-2-4-6-18/h2-10,17,19H,11-16H2,1H3,(H,24,26)(H,27,28). The van der Waals surface area contributed by atoms with E-state index >= 15 is 0 Å². The van der Waals surface area contributed by atoms with Gasteiger partial charge in [0.2, 0.25) is 5.91 Å². The molecule has 0 saturated carbocycles. The number of carboxylic acid groups (broad SMARTS) is 1. The molecule has 0 spiro atoms. The van der Waals surface area contributed by atoms with E-state index in [0.717, 1.165) is 37.9 Å². The molecule has 3 rings (SSSR count). The van der Waals surface area contributed by atoms with Crippen LogP contribution in [0, 0.1) is 5.92 Å². The van der Waals surface area contributed by atoms with Crippen molar-refractivity contribution in [1.82, 2.24) is 10.2 Å². The summed E-state index contributed by atoms with van der Waals surface area (Å²) < 4.78 is 0. The van der Waals surface area contributed by atoms with Crippen LogP contribution in [0.3, 0.4) is 0 Å². The van der Waals surface area contributed by atoms with Crippen molar-refractivity contribution in [2.24, 2.45) is 5.92 Å². The molecule has 0 radical (unpaired) electrons. The molecule has 2 aromatic rings. The van der Waals surface area contributed by atoms with E-state index in [1.807, 2.05) is 13.0 Å². The summed E-state index contributed by atoms with van der Waals surface area (Å²) in [7, 11) is 0. The van der Waals surface area contributed by atoms with Gasteiger partial charge in [0, 0.05) is 6.54 Å². The highest BCUT2D eigenvalue weighted by molar-refractivity contribution is 5.87. The van der Waals surface area contributed by atoms with Crippen LogP contribution < -0.4 is 5.32 Å². The van der Waals surface area contributed by atoms with Gasteiger partial charge in [0.15, 0.2) is 0 Å². The Bertz CT molecular complexity index is 781. The average molecular weight is 380 g/mol. The largest absolute Gasteiger partial charge is 0.478 e. The molecule has 148 valence electrons. The second-order valence-corrected chi connectivity index (χ2v) is 7.56. The number of hydrogen-bond acceptors (Lipinski definition) is 3. The van der Waals surface area contributed by atoms with Crippen LogP contribution in [0.5, 0.6) is 0 Å². The maximum absolute atomic E-state index is 12.5. The molecule has 1 heterocycles. The minimum Gasteiger partial charge on any atom is -0.478 e. The number of carbonyl (C=O) groups is 2. The fourth-order valence-electron chi connectivity index (χ4n) is 3.76. The van der Waals surface area contributed by atoms with Gasteiger partial charge in [-0.3, -0.25) is 9.69 Å². The summed E-state index contributed by atoms with van der Waals surface area (Å²) in [6.45, 7) is 4.26. The lowest BCUT2D eigenvalue weighted by molar-refractivity contribution is -0.126. The van der Waals surface area contributed by atoms with Crippen LogP contribution >= 0.6 is 0 Å². The normalized spacial score (nSPS) is 16.5. The van der Waals surface area contributed by atoms with Crippen LogP contribution in [0.15, 0.2) is 54.6 Å². The fraction of sp³-hybridized carbons (Fsp3) is 0.391. The smallest absolute Gasteiger partial charge is 0.335 e. The SMILES string of the molecule is CC(C(=O)NCc1ccc(C(=O)O)cc1)N1CCC(Cc2ccccc2)CC1. The van der Waals surface area contributed by atoms with E-state index in [9.17, 15) is 9.59 Å². The van der Waals surface area contributed by atoms with Gasteiger partial charge < -0.3 is 10.4 Å². The molecule has 1 saturated heterocycles. The van der Waals surface area contributed by atoms with E-state index < -0.39 is 5.97 Å². The van der Waals surface area contributed by atoms with Gasteiger partial charge in [-0.15, -0.1) is 0 Å². The van der Waals surface area contributed by atoms with Gasteiger partial charge in [-0.2, -0.15) is 0 Å². The van der Waals surface area contributed by atoms with Gasteiger partial charge in [0.05, 0.1) is 11.6 Å². The highest BCUT2D eigenvalue weighted by Gasteiger charge is 2.26. The second-order valence-electron chi connectivity index (χ2n) is 7.56. The molecule has 1 unspecified atom stereocenters. The van der Waals surface area contributed by atoms with Gasteiger partial charge >= 0.3 is 5.97 Å². The van der Waals surface area contributed by atoms with E-state index in [0.29, 0.717) is 12.5 Å². The predicted octanol–water partition coefficient (Wildman–Crippen LogP) is 3.34. The number of piperidine rings is 1. The molecular formula is C23H28N2O3. The molecule has 1 aliphatic rings. The van der Waals surface area contributed by atoms with Gasteiger partial charge in [-0.1, -0.05) is 42.5 Å². The number of carbonyl (C=O) groups excluding carboxylic acids is 1. The number of nitrogens with zero attached hydrogens (tertiary/aromatic N) is 1. The molecule has 1 aliphatic heterocycles. The van der Waals surface area contributed by atoms with Crippen LogP contribution in [0.25, 0.3) is 0 Å². The lowest BCUT2D eigenvalue weighted by Crippen LogP contribution is -2.48. The second kappa shape index (κ2) is 9.51. The minimum atomic E-state index is -0.945. The van der Waals surface area contributed by atoms with Gasteiger partial charge in [-0.05, 0) is 68.5 Å². The summed E-state index contributed by atoms with van der Waals surface area (Å²) >= 11 is 0. The minimum absolute atomic E-state index is 0.0174. The molecule has 1 amide bonds. The van der Waals surface area contributed by atoms with E-state index in [1.54, 1.807) is 24.3 Å². The van der Waals surface area contributed by atoms with Crippen LogP contribution in [0.4, 0.5) is 0 Å². The Morgan fingerprint density at radius 2 is 1.68 bits per heavy atom. The molecule has 1 fully saturated rings. The Morgan fingerprint density at radius 3 is 2.29 bits per heavy atom. The Hall–Kier alpha value is -2.66. The molecular weight excluding hydrogens is 352 g/mol. The summed E-state index contributed by atoms with van der Waals surface area (Å²) in [4.78, 5) is 25.7. The van der Waals surface area contributed by atoms with Crippen LogP contribution in [-0.2, 0) is 17.8 Å². The predicted molar refractivity (Wildman–Crippen MR) is 109 cm³/mol.